The highest BCUT2D eigenvalue weighted by molar-refractivity contribution is 5.68. The smallest absolute Gasteiger partial charge is 0.407 e. The van der Waals surface area contributed by atoms with E-state index in [2.05, 4.69) is 5.32 Å². The minimum absolute atomic E-state index is 0.241. The van der Waals surface area contributed by atoms with Gasteiger partial charge >= 0.3 is 6.09 Å². The van der Waals surface area contributed by atoms with E-state index in [1.54, 1.807) is 0 Å². The fourth-order valence-electron chi connectivity index (χ4n) is 3.11. The molecule has 0 aromatic rings. The number of nitrogens with one attached hydrogen (secondary N) is 1. The third-order valence-electron chi connectivity index (χ3n) is 4.28. The Morgan fingerprint density at radius 2 is 2.00 bits per heavy atom. The molecule has 0 aromatic heterocycles. The van der Waals surface area contributed by atoms with Crippen molar-refractivity contribution in [2.24, 2.45) is 11.3 Å². The highest BCUT2D eigenvalue weighted by Crippen LogP contribution is 2.60. The van der Waals surface area contributed by atoms with Crippen LogP contribution in [-0.2, 0) is 4.74 Å². The third-order valence-corrected chi connectivity index (χ3v) is 4.28. The Kier molecular flexibility index (Phi) is 3.58. The van der Waals surface area contributed by atoms with Crippen LogP contribution in [0, 0.1) is 11.3 Å². The summed E-state index contributed by atoms with van der Waals surface area (Å²) < 4.78 is 5.26. The largest absolute Gasteiger partial charge is 0.444 e. The second kappa shape index (κ2) is 4.72. The minimum atomic E-state index is -0.432. The fourth-order valence-corrected chi connectivity index (χ4v) is 3.11. The lowest BCUT2D eigenvalue weighted by Crippen LogP contribution is -2.41. The number of carbonyl (C=O) groups is 1. The van der Waals surface area contributed by atoms with Gasteiger partial charge in [0.25, 0.3) is 0 Å². The first-order chi connectivity index (χ1) is 8.35. The van der Waals surface area contributed by atoms with Crippen LogP contribution < -0.4 is 5.32 Å². The van der Waals surface area contributed by atoms with Crippen LogP contribution >= 0.6 is 0 Å². The van der Waals surface area contributed by atoms with Crippen molar-refractivity contribution >= 4 is 6.09 Å². The summed E-state index contributed by atoms with van der Waals surface area (Å²) in [7, 11) is 0. The van der Waals surface area contributed by atoms with E-state index in [0.29, 0.717) is 17.9 Å². The summed E-state index contributed by atoms with van der Waals surface area (Å²) in [6.45, 7) is 5.94. The van der Waals surface area contributed by atoms with Crippen LogP contribution in [0.25, 0.3) is 0 Å². The van der Waals surface area contributed by atoms with Crippen LogP contribution in [-0.4, -0.2) is 29.4 Å². The minimum Gasteiger partial charge on any atom is -0.444 e. The Hall–Kier alpha value is -0.770. The molecule has 2 N–H and O–H groups in total. The molecule has 1 spiro atoms. The highest BCUT2D eigenvalue weighted by atomic mass is 16.6. The van der Waals surface area contributed by atoms with E-state index in [4.69, 9.17) is 4.74 Å². The van der Waals surface area contributed by atoms with Crippen LogP contribution in [0.5, 0.6) is 0 Å². The number of amides is 1. The van der Waals surface area contributed by atoms with Crippen LogP contribution in [0.15, 0.2) is 0 Å². The van der Waals surface area contributed by atoms with E-state index in [9.17, 15) is 9.90 Å². The molecule has 2 saturated carbocycles. The molecule has 4 heteroatoms. The quantitative estimate of drug-likeness (QED) is 0.797. The molecule has 0 heterocycles. The number of rotatable bonds is 2. The van der Waals surface area contributed by atoms with Crippen molar-refractivity contribution in [2.45, 2.75) is 64.5 Å². The van der Waals surface area contributed by atoms with Gasteiger partial charge in [0, 0.05) is 12.6 Å². The zero-order valence-corrected chi connectivity index (χ0v) is 11.7. The second-order valence-corrected chi connectivity index (χ2v) is 6.87. The predicted molar refractivity (Wildman–Crippen MR) is 69.3 cm³/mol. The maximum Gasteiger partial charge on any atom is 0.407 e. The summed E-state index contributed by atoms with van der Waals surface area (Å²) in [6, 6.07) is 0.241. The zero-order valence-electron chi connectivity index (χ0n) is 11.7. The van der Waals surface area contributed by atoms with Crippen LogP contribution in [0.1, 0.15) is 52.9 Å². The van der Waals surface area contributed by atoms with Gasteiger partial charge in [0.1, 0.15) is 5.60 Å². The average molecular weight is 255 g/mol. The van der Waals surface area contributed by atoms with Crippen molar-refractivity contribution in [1.29, 1.82) is 0 Å². The van der Waals surface area contributed by atoms with Crippen LogP contribution in [0.4, 0.5) is 4.79 Å². The molecule has 0 saturated heterocycles. The molecule has 0 radical (unpaired) electrons. The maximum atomic E-state index is 11.7. The molecular formula is C14H25NO3. The van der Waals surface area contributed by atoms with E-state index < -0.39 is 5.60 Å². The SMILES string of the molecule is CC(C)(C)OC(=O)N[C@H]1CC[C@@]2(CC1)C[C@H]2CO. The highest BCUT2D eigenvalue weighted by Gasteiger charge is 2.54. The summed E-state index contributed by atoms with van der Waals surface area (Å²) in [5.41, 5.74) is -0.0285. The first-order valence-corrected chi connectivity index (χ1v) is 6.95. The molecule has 2 aliphatic rings. The number of aliphatic hydroxyl groups is 1. The molecule has 0 aromatic carbocycles. The lowest BCUT2D eigenvalue weighted by Gasteiger charge is -2.30. The van der Waals surface area contributed by atoms with Gasteiger partial charge in [-0.2, -0.15) is 0 Å². The Bertz CT molecular complexity index is 313. The molecule has 4 nitrogen and oxygen atoms in total. The van der Waals surface area contributed by atoms with E-state index in [1.807, 2.05) is 20.8 Å². The number of hydrogen-bond acceptors (Lipinski definition) is 3. The molecule has 104 valence electrons. The summed E-state index contributed by atoms with van der Waals surface area (Å²) in [5, 5.41) is 12.1. The number of carbonyl (C=O) groups excluding carboxylic acids is 1. The van der Waals surface area contributed by atoms with Gasteiger partial charge in [-0.25, -0.2) is 4.79 Å². The van der Waals surface area contributed by atoms with Crippen molar-refractivity contribution < 1.29 is 14.6 Å². The van der Waals surface area contributed by atoms with Crippen LogP contribution in [0.3, 0.4) is 0 Å². The first-order valence-electron chi connectivity index (χ1n) is 6.95. The standard InChI is InChI=1S/C14H25NO3/c1-13(2,3)18-12(17)15-11-4-6-14(7-5-11)8-10(14)9-16/h10-11,16H,4-9H2,1-3H3,(H,15,17)/t10-,11-,14+/m0/s1. The van der Waals surface area contributed by atoms with Gasteiger partial charge < -0.3 is 15.2 Å². The molecule has 0 unspecified atom stereocenters. The van der Waals surface area contributed by atoms with Crippen molar-refractivity contribution in [3.8, 4) is 0 Å². The number of ether oxygens (including phenoxy) is 1. The Morgan fingerprint density at radius 1 is 1.39 bits per heavy atom. The normalized spacial score (nSPS) is 35.3. The lowest BCUT2D eigenvalue weighted by molar-refractivity contribution is 0.0482. The van der Waals surface area contributed by atoms with Gasteiger partial charge in [-0.1, -0.05) is 0 Å². The van der Waals surface area contributed by atoms with Crippen LogP contribution in [0.2, 0.25) is 0 Å². The molecular weight excluding hydrogens is 230 g/mol. The van der Waals surface area contributed by atoms with Gasteiger partial charge in [0.15, 0.2) is 0 Å². The summed E-state index contributed by atoms with van der Waals surface area (Å²) in [4.78, 5) is 11.7. The summed E-state index contributed by atoms with van der Waals surface area (Å²) in [5.74, 6) is 0.514. The Morgan fingerprint density at radius 3 is 2.44 bits per heavy atom. The van der Waals surface area contributed by atoms with Crippen molar-refractivity contribution in [1.82, 2.24) is 5.32 Å². The Balaban J connectivity index is 1.73. The number of aliphatic hydroxyl groups excluding tert-OH is 1. The predicted octanol–water partition coefficient (Wildman–Crippen LogP) is 2.45. The zero-order chi connectivity index (χ0) is 13.4. The van der Waals surface area contributed by atoms with Gasteiger partial charge in [0.05, 0.1) is 0 Å². The molecule has 1 amide bonds. The van der Waals surface area contributed by atoms with E-state index in [0.717, 1.165) is 25.7 Å². The summed E-state index contributed by atoms with van der Waals surface area (Å²) >= 11 is 0. The topological polar surface area (TPSA) is 58.6 Å². The van der Waals surface area contributed by atoms with Gasteiger partial charge in [-0.05, 0) is 64.2 Å². The second-order valence-electron chi connectivity index (χ2n) is 6.87. The monoisotopic (exact) mass is 255 g/mol. The van der Waals surface area contributed by atoms with Crippen molar-refractivity contribution in [2.75, 3.05) is 6.61 Å². The molecule has 0 bridgehead atoms. The molecule has 2 aliphatic carbocycles. The van der Waals surface area contributed by atoms with Gasteiger partial charge in [0.2, 0.25) is 0 Å². The number of alkyl carbamates (subject to hydrolysis) is 1. The maximum absolute atomic E-state index is 11.7. The average Bonchev–Trinajstić information content (AvgIpc) is 2.93. The first kappa shape index (κ1) is 13.7. The van der Waals surface area contributed by atoms with Gasteiger partial charge in [-0.15, -0.1) is 0 Å². The molecule has 2 fully saturated rings. The summed E-state index contributed by atoms with van der Waals surface area (Å²) in [6.07, 6.45) is 5.13. The number of hydrogen-bond donors (Lipinski definition) is 2. The molecule has 0 aliphatic heterocycles. The molecule has 18 heavy (non-hydrogen) atoms. The van der Waals surface area contributed by atoms with E-state index >= 15 is 0 Å². The Labute approximate surface area is 109 Å². The van der Waals surface area contributed by atoms with Gasteiger partial charge in [-0.3, -0.25) is 0 Å². The molecule has 2 rings (SSSR count). The fraction of sp³-hybridized carbons (Fsp3) is 0.929. The van der Waals surface area contributed by atoms with Crippen molar-refractivity contribution in [3.05, 3.63) is 0 Å². The van der Waals surface area contributed by atoms with Crippen molar-refractivity contribution in [3.63, 3.8) is 0 Å². The lowest BCUT2D eigenvalue weighted by atomic mass is 9.82. The van der Waals surface area contributed by atoms with E-state index in [1.165, 1.54) is 6.42 Å². The third kappa shape index (κ3) is 3.16. The van der Waals surface area contributed by atoms with E-state index in [-0.39, 0.29) is 12.1 Å². The molecule has 1 atom stereocenters.